The second-order valence-electron chi connectivity index (χ2n) is 8.33. The van der Waals surface area contributed by atoms with Gasteiger partial charge < -0.3 is 20.1 Å². The molecule has 10 nitrogen and oxygen atoms in total. The Morgan fingerprint density at radius 2 is 1.75 bits per heavy atom. The molecule has 2 aromatic rings. The van der Waals surface area contributed by atoms with Crippen LogP contribution in [-0.2, 0) is 23.9 Å². The van der Waals surface area contributed by atoms with E-state index in [1.807, 2.05) is 0 Å². The maximum absolute atomic E-state index is 13.3. The number of hydrogen-bond donors (Lipinski definition) is 2. The molecule has 0 radical (unpaired) electrons. The van der Waals surface area contributed by atoms with Crippen molar-refractivity contribution in [3.8, 4) is 5.69 Å². The van der Waals surface area contributed by atoms with Crippen LogP contribution in [0.5, 0.6) is 0 Å². The summed E-state index contributed by atoms with van der Waals surface area (Å²) >= 11 is 0. The van der Waals surface area contributed by atoms with E-state index in [0.717, 1.165) is 0 Å². The smallest absolute Gasteiger partial charge is 0.328 e. The average Bonchev–Trinajstić information content (AvgIpc) is 3.23. The number of benzene rings is 1. The Balaban J connectivity index is 2.23. The molecule has 2 atom stereocenters. The molecular formula is C25H33FN4O6. The van der Waals surface area contributed by atoms with Gasteiger partial charge in [-0.1, -0.05) is 13.8 Å². The quantitative estimate of drug-likeness (QED) is 0.424. The van der Waals surface area contributed by atoms with Crippen molar-refractivity contribution in [2.45, 2.75) is 59.5 Å². The minimum absolute atomic E-state index is 0.0658. The molecule has 11 heteroatoms. The molecule has 0 saturated heterocycles. The van der Waals surface area contributed by atoms with Gasteiger partial charge in [-0.15, -0.1) is 0 Å². The molecule has 0 saturated carbocycles. The van der Waals surface area contributed by atoms with Gasteiger partial charge in [0.2, 0.25) is 5.91 Å². The highest BCUT2D eigenvalue weighted by atomic mass is 19.1. The van der Waals surface area contributed by atoms with Crippen LogP contribution in [0.25, 0.3) is 5.69 Å². The molecule has 0 bridgehead atoms. The van der Waals surface area contributed by atoms with Crippen LogP contribution in [0.15, 0.2) is 30.5 Å². The summed E-state index contributed by atoms with van der Waals surface area (Å²) in [7, 11) is 0. The van der Waals surface area contributed by atoms with Gasteiger partial charge in [-0.3, -0.25) is 14.4 Å². The van der Waals surface area contributed by atoms with Crippen LogP contribution in [0.2, 0.25) is 1.41 Å². The van der Waals surface area contributed by atoms with Crippen LogP contribution in [-0.4, -0.2) is 58.8 Å². The van der Waals surface area contributed by atoms with E-state index in [0.29, 0.717) is 16.7 Å². The van der Waals surface area contributed by atoms with Gasteiger partial charge in [0, 0.05) is 12.6 Å². The van der Waals surface area contributed by atoms with Crippen LogP contribution in [0.1, 0.15) is 56.6 Å². The van der Waals surface area contributed by atoms with Gasteiger partial charge in [0.1, 0.15) is 17.9 Å². The van der Waals surface area contributed by atoms with Gasteiger partial charge in [0.15, 0.2) is 1.41 Å². The lowest BCUT2D eigenvalue weighted by Crippen LogP contribution is -2.54. The third kappa shape index (κ3) is 7.89. The number of halogens is 1. The molecule has 0 spiro atoms. The number of rotatable bonds is 12. The van der Waals surface area contributed by atoms with Crippen molar-refractivity contribution in [1.82, 2.24) is 20.4 Å². The summed E-state index contributed by atoms with van der Waals surface area (Å²) in [5.41, 5.74) is 0.910. The Kier molecular flexibility index (Phi) is 9.96. The molecule has 0 fully saturated rings. The minimum atomic E-state index is -1.26. The molecule has 1 aromatic heterocycles. The van der Waals surface area contributed by atoms with Crippen LogP contribution in [0.3, 0.4) is 0 Å². The lowest BCUT2D eigenvalue weighted by Gasteiger charge is -2.24. The highest BCUT2D eigenvalue weighted by molar-refractivity contribution is 5.99. The van der Waals surface area contributed by atoms with Gasteiger partial charge in [0.05, 0.1) is 30.2 Å². The van der Waals surface area contributed by atoms with Crippen LogP contribution >= 0.6 is 0 Å². The summed E-state index contributed by atoms with van der Waals surface area (Å²) in [5, 5.41) is 7.34. The van der Waals surface area contributed by atoms with E-state index in [4.69, 9.17) is 10.9 Å². The summed E-state index contributed by atoms with van der Waals surface area (Å²) in [6.07, 6.45) is 1.21. The van der Waals surface area contributed by atoms with Crippen molar-refractivity contribution < 1.29 is 34.5 Å². The molecule has 1 heterocycles. The number of nitrogens with zero attached hydrogens (tertiary/aromatic N) is 2. The van der Waals surface area contributed by atoms with E-state index < -0.39 is 47.6 Å². The SMILES string of the molecule is [2H]N(C(=O)c1cn(-c2ccc(F)cc2)nc1C)[C@H](C(=O)N[C@@H](CCC(=O)OCC)C(=O)OCC)C(C)C. The number of hydrogen-bond acceptors (Lipinski definition) is 7. The summed E-state index contributed by atoms with van der Waals surface area (Å²) in [5.74, 6) is -3.71. The maximum Gasteiger partial charge on any atom is 0.328 e. The van der Waals surface area contributed by atoms with Crippen LogP contribution < -0.4 is 10.6 Å². The van der Waals surface area contributed by atoms with E-state index in [-0.39, 0.29) is 31.6 Å². The molecule has 2 rings (SSSR count). The second kappa shape index (κ2) is 13.4. The Labute approximate surface area is 211 Å². The Hall–Kier alpha value is -3.76. The first kappa shape index (κ1) is 26.8. The van der Waals surface area contributed by atoms with Crippen molar-refractivity contribution in [1.29, 1.82) is 0 Å². The van der Waals surface area contributed by atoms with E-state index in [2.05, 4.69) is 10.4 Å². The molecule has 2 N–H and O–H groups in total. The number of carbonyl (C=O) groups excluding carboxylic acids is 4. The summed E-state index contributed by atoms with van der Waals surface area (Å²) in [6.45, 7) is 8.41. The average molecular weight is 506 g/mol. The molecule has 0 aliphatic heterocycles. The van der Waals surface area contributed by atoms with Gasteiger partial charge in [-0.25, -0.2) is 13.9 Å². The first-order chi connectivity index (χ1) is 17.5. The molecule has 0 unspecified atom stereocenters. The number of ether oxygens (including phenoxy) is 2. The molecule has 36 heavy (non-hydrogen) atoms. The normalized spacial score (nSPS) is 12.9. The Morgan fingerprint density at radius 3 is 2.33 bits per heavy atom. The molecule has 1 aromatic carbocycles. The van der Waals surface area contributed by atoms with Crippen molar-refractivity contribution in [2.75, 3.05) is 13.2 Å². The molecule has 2 amide bonds. The standard InChI is InChI=1S/C25H33FN4O6/c1-6-35-21(31)13-12-20(25(34)36-7-2)27-24(33)22(15(3)4)28-23(32)19-14-30(29-16(19)5)18-10-8-17(26)9-11-18/h8-11,14-15,20,22H,6-7,12-13H2,1-5H3,(H,27,33)(H,28,32)/t20-,22-/m0/s1/i/hD. The van der Waals surface area contributed by atoms with E-state index in [1.54, 1.807) is 34.6 Å². The topological polar surface area (TPSA) is 129 Å². The Morgan fingerprint density at radius 1 is 1.11 bits per heavy atom. The zero-order chi connectivity index (χ0) is 27.7. The van der Waals surface area contributed by atoms with Gasteiger partial charge >= 0.3 is 11.9 Å². The monoisotopic (exact) mass is 505 g/mol. The fraction of sp³-hybridized carbons (Fsp3) is 0.480. The second-order valence-corrected chi connectivity index (χ2v) is 8.33. The van der Waals surface area contributed by atoms with Gasteiger partial charge in [0.25, 0.3) is 5.91 Å². The predicted octanol–water partition coefficient (Wildman–Crippen LogP) is 2.47. The van der Waals surface area contributed by atoms with E-state index >= 15 is 0 Å². The number of carbonyl (C=O) groups is 4. The first-order valence-electron chi connectivity index (χ1n) is 12.2. The lowest BCUT2D eigenvalue weighted by molar-refractivity contribution is -0.149. The maximum atomic E-state index is 13.3. The summed E-state index contributed by atoms with van der Waals surface area (Å²) in [6, 6.07) is 3.07. The van der Waals surface area contributed by atoms with Gasteiger partial charge in [-0.05, 0) is 57.4 Å². The van der Waals surface area contributed by atoms with Crippen molar-refractivity contribution in [3.05, 3.63) is 47.5 Å². The van der Waals surface area contributed by atoms with Crippen molar-refractivity contribution in [2.24, 2.45) is 5.92 Å². The number of aromatic nitrogens is 2. The zero-order valence-electron chi connectivity index (χ0n) is 22.1. The fourth-order valence-electron chi connectivity index (χ4n) is 3.35. The zero-order valence-corrected chi connectivity index (χ0v) is 21.1. The number of nitrogens with one attached hydrogen (secondary N) is 2. The summed E-state index contributed by atoms with van der Waals surface area (Å²) in [4.78, 5) is 50.6. The lowest BCUT2D eigenvalue weighted by atomic mass is 10.0. The highest BCUT2D eigenvalue weighted by Crippen LogP contribution is 2.14. The van der Waals surface area contributed by atoms with Crippen molar-refractivity contribution >= 4 is 23.8 Å². The highest BCUT2D eigenvalue weighted by Gasteiger charge is 2.31. The Bertz CT molecular complexity index is 1110. The molecular weight excluding hydrogens is 471 g/mol. The van der Waals surface area contributed by atoms with Crippen LogP contribution in [0.4, 0.5) is 4.39 Å². The number of esters is 2. The fourth-order valence-corrected chi connectivity index (χ4v) is 3.35. The van der Waals surface area contributed by atoms with E-state index in [1.165, 1.54) is 35.1 Å². The first-order valence-corrected chi connectivity index (χ1v) is 11.8. The molecule has 196 valence electrons. The molecule has 0 aliphatic rings. The minimum Gasteiger partial charge on any atom is -0.466 e. The summed E-state index contributed by atoms with van der Waals surface area (Å²) < 4.78 is 33.0. The third-order valence-electron chi connectivity index (χ3n) is 5.21. The van der Waals surface area contributed by atoms with Gasteiger partial charge in [-0.2, -0.15) is 5.10 Å². The third-order valence-corrected chi connectivity index (χ3v) is 5.21. The number of amides is 2. The number of aryl methyl sites for hydroxylation is 1. The van der Waals surface area contributed by atoms with E-state index in [9.17, 15) is 23.6 Å². The van der Waals surface area contributed by atoms with Crippen molar-refractivity contribution in [3.63, 3.8) is 0 Å². The largest absolute Gasteiger partial charge is 0.466 e. The van der Waals surface area contributed by atoms with Crippen LogP contribution in [0, 0.1) is 18.7 Å². The molecule has 0 aliphatic carbocycles. The predicted molar refractivity (Wildman–Crippen MR) is 129 cm³/mol.